The van der Waals surface area contributed by atoms with Crippen molar-refractivity contribution in [1.82, 2.24) is 0 Å². The zero-order valence-electron chi connectivity index (χ0n) is 9.61. The Balaban J connectivity index is 1.77. The van der Waals surface area contributed by atoms with Gasteiger partial charge in [-0.15, -0.1) is 0 Å². The van der Waals surface area contributed by atoms with Gasteiger partial charge in [0, 0.05) is 17.8 Å². The number of carbonyl (C=O) groups excluding carboxylic acids is 1. The lowest BCUT2D eigenvalue weighted by Gasteiger charge is -2.66. The highest BCUT2D eigenvalue weighted by Crippen LogP contribution is 2.67. The van der Waals surface area contributed by atoms with Gasteiger partial charge in [-0.2, -0.15) is 0 Å². The first-order valence-electron chi connectivity index (χ1n) is 5.70. The molecule has 3 fully saturated rings. The molecule has 2 bridgehead atoms. The molecule has 3 saturated carbocycles. The minimum absolute atomic E-state index is 0.107. The number of hydrogen-bond donors (Lipinski definition) is 1. The average molecular weight is 252 g/mol. The summed E-state index contributed by atoms with van der Waals surface area (Å²) >= 11 is 5.81. The lowest BCUT2D eigenvalue weighted by molar-refractivity contribution is -0.248. The van der Waals surface area contributed by atoms with Crippen LogP contribution in [0.5, 0.6) is 0 Å². The van der Waals surface area contributed by atoms with E-state index in [0.29, 0.717) is 24.3 Å². The predicted molar refractivity (Wildman–Crippen MR) is 66.1 cm³/mol. The van der Waals surface area contributed by atoms with Gasteiger partial charge in [0.15, 0.2) is 0 Å². The minimum atomic E-state index is -0.531. The third-order valence-corrected chi connectivity index (χ3v) is 4.23. The van der Waals surface area contributed by atoms with Gasteiger partial charge in [0.2, 0.25) is 5.91 Å². The molecule has 4 heteroatoms. The van der Waals surface area contributed by atoms with Crippen LogP contribution in [0.1, 0.15) is 19.3 Å². The van der Waals surface area contributed by atoms with Crippen molar-refractivity contribution < 1.29 is 9.90 Å². The van der Waals surface area contributed by atoms with E-state index in [2.05, 4.69) is 0 Å². The van der Waals surface area contributed by atoms with Gasteiger partial charge in [0.05, 0.1) is 11.0 Å². The van der Waals surface area contributed by atoms with Crippen LogP contribution in [0.15, 0.2) is 24.3 Å². The SMILES string of the molecule is CN(C(=O)C12CC(O)(C1)C2)c1ccc(Cl)cc1. The van der Waals surface area contributed by atoms with E-state index in [1.54, 1.807) is 24.1 Å². The highest BCUT2D eigenvalue weighted by atomic mass is 35.5. The standard InChI is InChI=1S/C13H14ClNO2/c1-15(10-4-2-9(14)3-5-10)11(16)12-6-13(17,7-12)8-12/h2-5,17H,6-8H2,1H3. The molecule has 0 heterocycles. The molecule has 3 nitrogen and oxygen atoms in total. The molecule has 1 amide bonds. The fraction of sp³-hybridized carbons (Fsp3) is 0.462. The Hall–Kier alpha value is -1.06. The molecule has 1 N–H and O–H groups in total. The summed E-state index contributed by atoms with van der Waals surface area (Å²) in [4.78, 5) is 14.0. The lowest BCUT2D eigenvalue weighted by atomic mass is 9.41. The van der Waals surface area contributed by atoms with Crippen LogP contribution in [-0.2, 0) is 4.79 Å². The molecule has 17 heavy (non-hydrogen) atoms. The first-order chi connectivity index (χ1) is 7.94. The molecular formula is C13H14ClNO2. The summed E-state index contributed by atoms with van der Waals surface area (Å²) in [5, 5.41) is 10.4. The second kappa shape index (κ2) is 3.24. The summed E-state index contributed by atoms with van der Waals surface area (Å²) in [5.74, 6) is 0.107. The van der Waals surface area contributed by atoms with Gasteiger partial charge < -0.3 is 10.0 Å². The van der Waals surface area contributed by atoms with E-state index in [-0.39, 0.29) is 11.3 Å². The number of rotatable bonds is 2. The van der Waals surface area contributed by atoms with Gasteiger partial charge in [-0.3, -0.25) is 4.79 Å². The second-order valence-corrected chi connectivity index (χ2v) is 5.81. The van der Waals surface area contributed by atoms with E-state index < -0.39 is 5.60 Å². The summed E-state index contributed by atoms with van der Waals surface area (Å²) in [6.45, 7) is 0. The van der Waals surface area contributed by atoms with Gasteiger partial charge in [0.1, 0.15) is 0 Å². The highest BCUT2D eigenvalue weighted by Gasteiger charge is 2.71. The largest absolute Gasteiger partial charge is 0.390 e. The summed E-state index contributed by atoms with van der Waals surface area (Å²) < 4.78 is 0. The van der Waals surface area contributed by atoms with E-state index in [1.165, 1.54) is 0 Å². The lowest BCUT2D eigenvalue weighted by Crippen LogP contribution is -2.72. The maximum atomic E-state index is 12.3. The van der Waals surface area contributed by atoms with Gasteiger partial charge in [-0.05, 0) is 43.5 Å². The molecular weight excluding hydrogens is 238 g/mol. The Morgan fingerprint density at radius 3 is 2.29 bits per heavy atom. The van der Waals surface area contributed by atoms with Crippen LogP contribution in [0.25, 0.3) is 0 Å². The van der Waals surface area contributed by atoms with Crippen LogP contribution >= 0.6 is 11.6 Å². The van der Waals surface area contributed by atoms with Gasteiger partial charge in [-0.1, -0.05) is 11.6 Å². The summed E-state index contributed by atoms with van der Waals surface area (Å²) in [7, 11) is 1.77. The summed E-state index contributed by atoms with van der Waals surface area (Å²) in [6.07, 6.45) is 1.87. The van der Waals surface area contributed by atoms with Crippen LogP contribution in [0.2, 0.25) is 5.02 Å². The zero-order chi connectivity index (χ0) is 12.3. The third-order valence-electron chi connectivity index (χ3n) is 3.97. The number of aliphatic hydroxyl groups is 1. The first kappa shape index (κ1) is 11.1. The first-order valence-corrected chi connectivity index (χ1v) is 6.08. The topological polar surface area (TPSA) is 40.5 Å². The van der Waals surface area contributed by atoms with E-state index >= 15 is 0 Å². The number of halogens is 1. The van der Waals surface area contributed by atoms with Gasteiger partial charge in [0.25, 0.3) is 0 Å². The van der Waals surface area contributed by atoms with Crippen LogP contribution in [0.3, 0.4) is 0 Å². The Morgan fingerprint density at radius 2 is 1.82 bits per heavy atom. The predicted octanol–water partition coefficient (Wildman–Crippen LogP) is 2.22. The molecule has 0 atom stereocenters. The maximum absolute atomic E-state index is 12.3. The summed E-state index contributed by atoms with van der Waals surface area (Å²) in [5.41, 5.74) is 0.0238. The second-order valence-electron chi connectivity index (χ2n) is 5.38. The molecule has 0 saturated heterocycles. The van der Waals surface area contributed by atoms with Crippen molar-refractivity contribution in [3.8, 4) is 0 Å². The molecule has 90 valence electrons. The number of carbonyl (C=O) groups is 1. The van der Waals surface area contributed by atoms with Gasteiger partial charge >= 0.3 is 0 Å². The molecule has 0 aromatic heterocycles. The van der Waals surface area contributed by atoms with Crippen LogP contribution in [0.4, 0.5) is 5.69 Å². The molecule has 0 unspecified atom stereocenters. The molecule has 1 aromatic carbocycles. The normalized spacial score (nSPS) is 33.6. The molecule has 0 aliphatic heterocycles. The fourth-order valence-corrected chi connectivity index (χ4v) is 3.22. The number of anilines is 1. The summed E-state index contributed by atoms with van der Waals surface area (Å²) in [6, 6.07) is 7.22. The Labute approximate surface area is 105 Å². The van der Waals surface area contributed by atoms with Crippen molar-refractivity contribution >= 4 is 23.2 Å². The zero-order valence-corrected chi connectivity index (χ0v) is 10.4. The third kappa shape index (κ3) is 1.49. The smallest absolute Gasteiger partial charge is 0.233 e. The maximum Gasteiger partial charge on any atom is 0.233 e. The van der Waals surface area contributed by atoms with E-state index in [4.69, 9.17) is 11.6 Å². The number of amides is 1. The Bertz CT molecular complexity index is 463. The molecule has 3 aliphatic carbocycles. The number of nitrogens with zero attached hydrogens (tertiary/aromatic N) is 1. The van der Waals surface area contributed by atoms with Crippen LogP contribution < -0.4 is 4.90 Å². The molecule has 1 aromatic rings. The minimum Gasteiger partial charge on any atom is -0.390 e. The number of hydrogen-bond acceptors (Lipinski definition) is 2. The monoisotopic (exact) mass is 251 g/mol. The van der Waals surface area contributed by atoms with Crippen molar-refractivity contribution in [2.24, 2.45) is 5.41 Å². The van der Waals surface area contributed by atoms with Crippen molar-refractivity contribution in [3.05, 3.63) is 29.3 Å². The van der Waals surface area contributed by atoms with Crippen LogP contribution in [-0.4, -0.2) is 23.7 Å². The quantitative estimate of drug-likeness (QED) is 0.876. The molecule has 0 radical (unpaired) electrons. The van der Waals surface area contributed by atoms with Crippen molar-refractivity contribution in [1.29, 1.82) is 0 Å². The van der Waals surface area contributed by atoms with Crippen LogP contribution in [0, 0.1) is 5.41 Å². The van der Waals surface area contributed by atoms with Crippen molar-refractivity contribution in [2.75, 3.05) is 11.9 Å². The highest BCUT2D eigenvalue weighted by molar-refractivity contribution is 6.30. The van der Waals surface area contributed by atoms with E-state index in [0.717, 1.165) is 5.69 Å². The van der Waals surface area contributed by atoms with Crippen molar-refractivity contribution in [3.63, 3.8) is 0 Å². The average Bonchev–Trinajstić information content (AvgIpc) is 2.23. The van der Waals surface area contributed by atoms with E-state index in [1.807, 2.05) is 12.1 Å². The Kier molecular flexibility index (Phi) is 2.11. The molecule has 0 spiro atoms. The molecule has 4 rings (SSSR count). The fourth-order valence-electron chi connectivity index (χ4n) is 3.10. The Morgan fingerprint density at radius 1 is 1.29 bits per heavy atom. The van der Waals surface area contributed by atoms with Crippen molar-refractivity contribution in [2.45, 2.75) is 24.9 Å². The molecule has 3 aliphatic rings. The van der Waals surface area contributed by atoms with Gasteiger partial charge in [-0.25, -0.2) is 0 Å². The number of benzene rings is 1. The van der Waals surface area contributed by atoms with E-state index in [9.17, 15) is 9.90 Å².